The van der Waals surface area contributed by atoms with Crippen molar-refractivity contribution in [1.82, 2.24) is 10.3 Å². The highest BCUT2D eigenvalue weighted by molar-refractivity contribution is 5.68. The molecule has 2 N–H and O–H groups in total. The van der Waals surface area contributed by atoms with Gasteiger partial charge < -0.3 is 5.32 Å². The predicted octanol–water partition coefficient (Wildman–Crippen LogP) is 2.96. The summed E-state index contributed by atoms with van der Waals surface area (Å²) in [6, 6.07) is 14.7. The Kier molecular flexibility index (Phi) is 4.69. The van der Waals surface area contributed by atoms with Crippen LogP contribution >= 0.6 is 0 Å². The molecule has 26 heavy (non-hydrogen) atoms. The van der Waals surface area contributed by atoms with E-state index in [1.165, 1.54) is 15.7 Å². The molecule has 1 aliphatic carbocycles. The van der Waals surface area contributed by atoms with E-state index in [1.807, 2.05) is 18.2 Å². The van der Waals surface area contributed by atoms with Crippen LogP contribution in [0, 0.1) is 0 Å². The van der Waals surface area contributed by atoms with Gasteiger partial charge in [-0.2, -0.15) is 4.79 Å². The molecule has 0 bridgehead atoms. The molecule has 4 rings (SSSR count). The number of amides is 2. The van der Waals surface area contributed by atoms with E-state index in [9.17, 15) is 4.79 Å². The number of aromatic nitrogens is 1. The Balaban J connectivity index is 1.27. The minimum atomic E-state index is -0.107. The normalized spacial score (nSPS) is 20.6. The first-order chi connectivity index (χ1) is 12.7. The Morgan fingerprint density at radius 2 is 2.12 bits per heavy atom. The molecule has 2 heterocycles. The maximum absolute atomic E-state index is 12.3. The number of nitrogens with one attached hydrogen (secondary N) is 2. The Labute approximate surface area is 154 Å². The lowest BCUT2D eigenvalue weighted by Gasteiger charge is -2.17. The topological polar surface area (TPSA) is 57.0 Å². The largest absolute Gasteiger partial charge is 0.490 e. The highest BCUT2D eigenvalue weighted by atomic mass is 16.2. The van der Waals surface area contributed by atoms with Crippen LogP contribution in [0.2, 0.25) is 0 Å². The number of hydrogen-bond donors (Lipinski definition) is 2. The molecule has 0 saturated heterocycles. The van der Waals surface area contributed by atoms with Crippen LogP contribution in [0.25, 0.3) is 0 Å². The highest BCUT2D eigenvalue weighted by Gasteiger charge is 2.44. The third kappa shape index (κ3) is 3.77. The first kappa shape index (κ1) is 16.8. The Hall–Kier alpha value is -2.69. The van der Waals surface area contributed by atoms with Gasteiger partial charge in [-0.3, -0.25) is 0 Å². The fourth-order valence-corrected chi connectivity index (χ4v) is 3.53. The number of carbonyl (C=O) groups is 1. The molecule has 0 spiro atoms. The summed E-state index contributed by atoms with van der Waals surface area (Å²) in [5.74, 6) is 1.43. The summed E-state index contributed by atoms with van der Waals surface area (Å²) in [5.41, 5.74) is 3.57. The number of aryl methyl sites for hydroxylation is 1. The van der Waals surface area contributed by atoms with Gasteiger partial charge in [0.1, 0.15) is 11.9 Å². The summed E-state index contributed by atoms with van der Waals surface area (Å²) < 4.78 is 1.51. The Morgan fingerprint density at radius 1 is 1.27 bits per heavy atom. The van der Waals surface area contributed by atoms with E-state index < -0.39 is 0 Å². The number of benzene rings is 1. The second-order valence-corrected chi connectivity index (χ2v) is 7.16. The molecule has 1 aromatic carbocycles. The van der Waals surface area contributed by atoms with Crippen LogP contribution in [0.4, 0.5) is 10.6 Å². The van der Waals surface area contributed by atoms with Gasteiger partial charge in [0.2, 0.25) is 0 Å². The smallest absolute Gasteiger partial charge is 0.370 e. The molecule has 2 aromatic rings. The van der Waals surface area contributed by atoms with Crippen molar-refractivity contribution in [2.24, 2.45) is 0 Å². The fraction of sp³-hybridized carbons (Fsp3) is 0.381. The van der Waals surface area contributed by atoms with Crippen molar-refractivity contribution in [3.05, 3.63) is 59.3 Å². The van der Waals surface area contributed by atoms with Gasteiger partial charge in [0.05, 0.1) is 13.3 Å². The maximum atomic E-state index is 12.3. The molecule has 2 aliphatic rings. The summed E-state index contributed by atoms with van der Waals surface area (Å²) in [7, 11) is 0. The van der Waals surface area contributed by atoms with Gasteiger partial charge in [-0.1, -0.05) is 36.4 Å². The van der Waals surface area contributed by atoms with Gasteiger partial charge in [0, 0.05) is 24.6 Å². The van der Waals surface area contributed by atoms with Crippen LogP contribution in [-0.4, -0.2) is 41.4 Å². The average Bonchev–Trinajstić information content (AvgIpc) is 3.45. The molecule has 1 fully saturated rings. The summed E-state index contributed by atoms with van der Waals surface area (Å²) in [6.07, 6.45) is 3.95. The Bertz CT molecular complexity index is 818. The summed E-state index contributed by atoms with van der Waals surface area (Å²) >= 11 is 0. The molecule has 0 radical (unpaired) electrons. The zero-order valence-corrected chi connectivity index (χ0v) is 14.9. The van der Waals surface area contributed by atoms with Gasteiger partial charge in [-0.05, 0) is 36.5 Å². The zero-order chi connectivity index (χ0) is 17.9. The van der Waals surface area contributed by atoms with Crippen molar-refractivity contribution in [2.75, 3.05) is 18.4 Å². The van der Waals surface area contributed by atoms with Crippen LogP contribution in [0.3, 0.4) is 0 Å². The predicted molar refractivity (Wildman–Crippen MR) is 103 cm³/mol. The molecule has 2 unspecified atom stereocenters. The van der Waals surface area contributed by atoms with E-state index in [1.54, 1.807) is 0 Å². The van der Waals surface area contributed by atoms with Crippen molar-refractivity contribution < 1.29 is 9.37 Å². The molecule has 1 saturated carbocycles. The summed E-state index contributed by atoms with van der Waals surface area (Å²) in [6.45, 7) is 5.44. The third-order valence-electron chi connectivity index (χ3n) is 5.20. The van der Waals surface area contributed by atoms with Crippen LogP contribution < -0.4 is 10.6 Å². The number of fused-ring (bicyclic) bond motifs is 1. The van der Waals surface area contributed by atoms with E-state index in [2.05, 4.69) is 46.6 Å². The van der Waals surface area contributed by atoms with E-state index in [0.29, 0.717) is 18.9 Å². The number of pyridine rings is 1. The molecule has 1 aromatic heterocycles. The standard InChI is InChI=1S/C21H24N4O/c1-25(13-11-17-10-9-16-8-5-12-22-20(16)23-17)21(26)24-19-14-18(19)15-6-3-2-4-7-15/h2-4,6-7,9-10,18-19H,1,5,8,11-14H2,(H-,22,23,24,26)/p+1. The lowest BCUT2D eigenvalue weighted by Crippen LogP contribution is -2.35. The summed E-state index contributed by atoms with van der Waals surface area (Å²) in [5, 5.41) is 6.43. The molecule has 2 amide bonds. The quantitative estimate of drug-likeness (QED) is 0.644. The van der Waals surface area contributed by atoms with E-state index in [0.717, 1.165) is 37.3 Å². The molecule has 134 valence electrons. The minimum absolute atomic E-state index is 0.107. The molecule has 2 atom stereocenters. The van der Waals surface area contributed by atoms with Crippen molar-refractivity contribution in [2.45, 2.75) is 37.6 Å². The maximum Gasteiger partial charge on any atom is 0.490 e. The molecule has 5 heteroatoms. The fourth-order valence-electron chi connectivity index (χ4n) is 3.53. The van der Waals surface area contributed by atoms with Gasteiger partial charge in [-0.15, -0.1) is 0 Å². The number of rotatable bonds is 5. The van der Waals surface area contributed by atoms with Crippen molar-refractivity contribution in [3.8, 4) is 0 Å². The van der Waals surface area contributed by atoms with Crippen molar-refractivity contribution in [3.63, 3.8) is 0 Å². The van der Waals surface area contributed by atoms with E-state index >= 15 is 0 Å². The highest BCUT2D eigenvalue weighted by Crippen LogP contribution is 2.40. The lowest BCUT2D eigenvalue weighted by atomic mass is 10.1. The van der Waals surface area contributed by atoms with Crippen LogP contribution in [0.15, 0.2) is 42.5 Å². The van der Waals surface area contributed by atoms with Gasteiger partial charge in [-0.25, -0.2) is 14.9 Å². The summed E-state index contributed by atoms with van der Waals surface area (Å²) in [4.78, 5) is 17.0. The van der Waals surface area contributed by atoms with Crippen LogP contribution in [-0.2, 0) is 12.8 Å². The molecular formula is C21H25N4O+. The second-order valence-electron chi connectivity index (χ2n) is 7.16. The first-order valence-corrected chi connectivity index (χ1v) is 9.37. The van der Waals surface area contributed by atoms with E-state index in [-0.39, 0.29) is 12.1 Å². The molecule has 1 aliphatic heterocycles. The van der Waals surface area contributed by atoms with Crippen molar-refractivity contribution in [1.29, 1.82) is 0 Å². The van der Waals surface area contributed by atoms with Gasteiger partial charge in [0.15, 0.2) is 0 Å². The van der Waals surface area contributed by atoms with Crippen LogP contribution in [0.5, 0.6) is 0 Å². The third-order valence-corrected chi connectivity index (χ3v) is 5.20. The lowest BCUT2D eigenvalue weighted by molar-refractivity contribution is -0.419. The Morgan fingerprint density at radius 3 is 2.96 bits per heavy atom. The monoisotopic (exact) mass is 349 g/mol. The van der Waals surface area contributed by atoms with Gasteiger partial charge in [0.25, 0.3) is 0 Å². The number of hydrogen-bond acceptors (Lipinski definition) is 3. The number of nitrogens with zero attached hydrogens (tertiary/aromatic N) is 2. The van der Waals surface area contributed by atoms with Gasteiger partial charge >= 0.3 is 6.03 Å². The zero-order valence-electron chi connectivity index (χ0n) is 14.9. The number of anilines is 1. The second kappa shape index (κ2) is 7.28. The minimum Gasteiger partial charge on any atom is -0.370 e. The van der Waals surface area contributed by atoms with Crippen LogP contribution in [0.1, 0.15) is 35.6 Å². The van der Waals surface area contributed by atoms with E-state index in [4.69, 9.17) is 0 Å². The van der Waals surface area contributed by atoms with Crippen molar-refractivity contribution >= 4 is 18.6 Å². The molecular weight excluding hydrogens is 324 g/mol. The average molecular weight is 349 g/mol. The number of carbonyl (C=O) groups excluding carboxylic acids is 1. The number of urea groups is 1. The molecule has 5 nitrogen and oxygen atoms in total. The first-order valence-electron chi connectivity index (χ1n) is 9.37. The SMILES string of the molecule is C=[N+](CCc1ccc2c(n1)NCCC2)C(=O)NC1CC1c1ccccc1.